The van der Waals surface area contributed by atoms with Gasteiger partial charge in [0.25, 0.3) is 0 Å². The van der Waals surface area contributed by atoms with Gasteiger partial charge >= 0.3 is 5.97 Å². The number of β-lactam (4-membered cyclic amide) rings is 1. The summed E-state index contributed by atoms with van der Waals surface area (Å²) in [5, 5.41) is 30.4. The van der Waals surface area contributed by atoms with E-state index in [2.05, 4.69) is 31.5 Å². The summed E-state index contributed by atoms with van der Waals surface area (Å²) >= 11 is 1.47. The summed E-state index contributed by atoms with van der Waals surface area (Å²) in [5.74, 6) is -1.86. The summed E-state index contributed by atoms with van der Waals surface area (Å²) in [6.07, 6.45) is 2.97. The van der Waals surface area contributed by atoms with Crippen LogP contribution in [-0.2, 0) is 25.7 Å². The molecule has 39 heavy (non-hydrogen) atoms. The van der Waals surface area contributed by atoms with Crippen molar-refractivity contribution in [3.63, 3.8) is 0 Å². The number of fused-ring (bicyclic) bond motifs is 2. The fourth-order valence-electron chi connectivity index (χ4n) is 6.97. The zero-order valence-electron chi connectivity index (χ0n) is 21.8. The van der Waals surface area contributed by atoms with E-state index in [4.69, 9.17) is 0 Å². The van der Waals surface area contributed by atoms with Crippen LogP contribution in [0.5, 0.6) is 0 Å². The Hall–Kier alpha value is -3.04. The SMILES string of the molecule is C[C@@H](NC(=O)Cn1cnnn1)[C@H]1C(=O)N2C(C(=O)O)=C(S[C@@H]3CNC(C(=O)N4CCC5CNCC54)C3)[C@H](C)[C@H]12. The number of tetrazole rings is 1. The van der Waals surface area contributed by atoms with Gasteiger partial charge in [-0.3, -0.25) is 14.4 Å². The average molecular weight is 560 g/mol. The lowest BCUT2D eigenvalue weighted by Crippen LogP contribution is -2.66. The maximum Gasteiger partial charge on any atom is 0.353 e. The van der Waals surface area contributed by atoms with Crippen LogP contribution in [0.15, 0.2) is 16.9 Å². The number of nitrogens with zero attached hydrogens (tertiary/aromatic N) is 6. The Morgan fingerprint density at radius 2 is 2.10 bits per heavy atom. The molecule has 0 bridgehead atoms. The molecule has 4 N–H and O–H groups in total. The number of thioether (sulfide) groups is 1. The number of amides is 3. The Kier molecular flexibility index (Phi) is 6.83. The Bertz CT molecular complexity index is 1210. The third kappa shape index (κ3) is 4.49. The first kappa shape index (κ1) is 26.2. The van der Waals surface area contributed by atoms with Crippen LogP contribution in [0.25, 0.3) is 0 Å². The summed E-state index contributed by atoms with van der Waals surface area (Å²) < 4.78 is 1.29. The number of carbonyl (C=O) groups is 4. The highest BCUT2D eigenvalue weighted by Crippen LogP contribution is 2.52. The summed E-state index contributed by atoms with van der Waals surface area (Å²) in [6.45, 7) is 6.82. The molecule has 0 radical (unpaired) electrons. The first-order valence-electron chi connectivity index (χ1n) is 13.5. The van der Waals surface area contributed by atoms with E-state index in [1.54, 1.807) is 6.92 Å². The Balaban J connectivity index is 1.10. The maximum atomic E-state index is 13.3. The van der Waals surface area contributed by atoms with Crippen LogP contribution in [0.2, 0.25) is 0 Å². The summed E-state index contributed by atoms with van der Waals surface area (Å²) in [4.78, 5) is 55.3. The topological polar surface area (TPSA) is 175 Å². The number of aliphatic carboxylic acids is 1. The highest BCUT2D eigenvalue weighted by molar-refractivity contribution is 8.03. The fourth-order valence-corrected chi connectivity index (χ4v) is 8.45. The van der Waals surface area contributed by atoms with Crippen molar-refractivity contribution in [2.24, 2.45) is 17.8 Å². The van der Waals surface area contributed by atoms with Crippen LogP contribution >= 0.6 is 11.8 Å². The summed E-state index contributed by atoms with van der Waals surface area (Å²) in [5.41, 5.74) is 0.0279. The first-order valence-corrected chi connectivity index (χ1v) is 14.3. The van der Waals surface area contributed by atoms with Crippen LogP contribution in [-0.4, -0.2) is 114 Å². The number of likely N-dealkylation sites (tertiary alicyclic amines) is 1. The lowest BCUT2D eigenvalue weighted by Gasteiger charge is -2.47. The van der Waals surface area contributed by atoms with Crippen molar-refractivity contribution < 1.29 is 24.3 Å². The molecule has 6 heterocycles. The van der Waals surface area contributed by atoms with Crippen molar-refractivity contribution in [1.29, 1.82) is 0 Å². The van der Waals surface area contributed by atoms with Gasteiger partial charge in [0.2, 0.25) is 17.7 Å². The van der Waals surface area contributed by atoms with E-state index in [0.717, 1.165) is 26.1 Å². The van der Waals surface area contributed by atoms with Crippen LogP contribution in [0.1, 0.15) is 26.7 Å². The molecular formula is C24H33N9O5S. The van der Waals surface area contributed by atoms with Gasteiger partial charge in [0.1, 0.15) is 18.6 Å². The second-order valence-corrected chi connectivity index (χ2v) is 12.5. The molecule has 5 aliphatic rings. The molecule has 4 saturated heterocycles. The highest BCUT2D eigenvalue weighted by atomic mass is 32.2. The van der Waals surface area contributed by atoms with Crippen molar-refractivity contribution in [2.45, 2.75) is 62.7 Å². The molecule has 0 aliphatic carbocycles. The molecule has 6 rings (SSSR count). The number of hydrogen-bond donors (Lipinski definition) is 4. The molecule has 0 spiro atoms. The van der Waals surface area contributed by atoms with E-state index in [0.29, 0.717) is 23.8 Å². The van der Waals surface area contributed by atoms with Crippen molar-refractivity contribution in [3.8, 4) is 0 Å². The van der Waals surface area contributed by atoms with Crippen LogP contribution in [0.3, 0.4) is 0 Å². The quantitative estimate of drug-likeness (QED) is 0.266. The minimum absolute atomic E-state index is 0.0199. The first-order chi connectivity index (χ1) is 18.7. The van der Waals surface area contributed by atoms with Crippen molar-refractivity contribution in [1.82, 2.24) is 46.0 Å². The number of carboxylic acids is 1. The summed E-state index contributed by atoms with van der Waals surface area (Å²) in [7, 11) is 0. The van der Waals surface area contributed by atoms with E-state index in [-0.39, 0.29) is 59.3 Å². The van der Waals surface area contributed by atoms with E-state index in [9.17, 15) is 24.3 Å². The number of rotatable bonds is 8. The van der Waals surface area contributed by atoms with E-state index in [1.165, 1.54) is 27.7 Å². The Morgan fingerprint density at radius 1 is 1.28 bits per heavy atom. The third-order valence-electron chi connectivity index (χ3n) is 8.83. The average Bonchev–Trinajstić information content (AvgIpc) is 3.69. The van der Waals surface area contributed by atoms with Gasteiger partial charge in [0.05, 0.1) is 18.0 Å². The van der Waals surface area contributed by atoms with Crippen molar-refractivity contribution in [2.75, 3.05) is 26.2 Å². The minimum Gasteiger partial charge on any atom is -0.477 e. The standard InChI is InChI=1S/C24H33N9O5S/c1-11-19-18(12(2)28-17(34)9-31-10-27-29-30-31)23(36)33(19)20(24(37)38)21(11)39-14-5-15(26-7-14)22(35)32-4-3-13-6-25-8-16(13)32/h10-16,18-19,25-26H,3-9H2,1-2H3,(H,28,34)(H,37,38)/t11-,12-,13?,14+,15?,16?,18-,19-/m1/s1. The van der Waals surface area contributed by atoms with Gasteiger partial charge in [-0.25, -0.2) is 9.48 Å². The smallest absolute Gasteiger partial charge is 0.353 e. The van der Waals surface area contributed by atoms with E-state index in [1.807, 2.05) is 11.8 Å². The Labute approximate surface area is 229 Å². The highest BCUT2D eigenvalue weighted by Gasteiger charge is 2.60. The lowest BCUT2D eigenvalue weighted by molar-refractivity contribution is -0.158. The number of carboxylic acid groups (broad SMARTS) is 1. The molecule has 15 heteroatoms. The molecule has 3 unspecified atom stereocenters. The largest absolute Gasteiger partial charge is 0.477 e. The molecule has 0 aromatic carbocycles. The molecule has 0 saturated carbocycles. The van der Waals surface area contributed by atoms with Gasteiger partial charge in [0, 0.05) is 54.3 Å². The van der Waals surface area contributed by atoms with Gasteiger partial charge in [-0.1, -0.05) is 6.92 Å². The van der Waals surface area contributed by atoms with Crippen molar-refractivity contribution >= 4 is 35.5 Å². The zero-order valence-corrected chi connectivity index (χ0v) is 22.6. The molecule has 4 fully saturated rings. The second-order valence-electron chi connectivity index (χ2n) is 11.1. The molecule has 3 amide bonds. The predicted molar refractivity (Wildman–Crippen MR) is 138 cm³/mol. The fraction of sp³-hybridized carbons (Fsp3) is 0.708. The normalized spacial score (nSPS) is 34.2. The third-order valence-corrected chi connectivity index (χ3v) is 10.3. The van der Waals surface area contributed by atoms with Gasteiger partial charge in [-0.15, -0.1) is 16.9 Å². The van der Waals surface area contributed by atoms with Gasteiger partial charge in [-0.05, 0) is 36.1 Å². The van der Waals surface area contributed by atoms with Crippen molar-refractivity contribution in [3.05, 3.63) is 16.9 Å². The molecule has 8 atom stereocenters. The minimum atomic E-state index is -1.13. The zero-order chi connectivity index (χ0) is 27.4. The lowest BCUT2D eigenvalue weighted by atomic mass is 9.78. The number of carbonyl (C=O) groups excluding carboxylic acids is 3. The van der Waals surface area contributed by atoms with E-state index >= 15 is 0 Å². The summed E-state index contributed by atoms with van der Waals surface area (Å²) in [6, 6.07) is -0.857. The molecule has 1 aromatic rings. The maximum absolute atomic E-state index is 13.3. The number of nitrogens with one attached hydrogen (secondary N) is 3. The Morgan fingerprint density at radius 3 is 2.85 bits per heavy atom. The van der Waals surface area contributed by atoms with Gasteiger partial charge < -0.3 is 30.9 Å². The van der Waals surface area contributed by atoms with Crippen LogP contribution in [0.4, 0.5) is 0 Å². The number of hydrogen-bond acceptors (Lipinski definition) is 10. The second kappa shape index (κ2) is 10.2. The monoisotopic (exact) mass is 559 g/mol. The molecule has 1 aromatic heterocycles. The molecule has 14 nitrogen and oxygen atoms in total. The molecule has 5 aliphatic heterocycles. The van der Waals surface area contributed by atoms with Crippen LogP contribution in [0, 0.1) is 17.8 Å². The van der Waals surface area contributed by atoms with E-state index < -0.39 is 17.9 Å². The van der Waals surface area contributed by atoms with Gasteiger partial charge in [0.15, 0.2) is 0 Å². The van der Waals surface area contributed by atoms with Crippen LogP contribution < -0.4 is 16.0 Å². The molecule has 210 valence electrons. The van der Waals surface area contributed by atoms with Gasteiger partial charge in [-0.2, -0.15) is 0 Å². The molecular weight excluding hydrogens is 526 g/mol. The predicted octanol–water partition coefficient (Wildman–Crippen LogP) is -1.77. The number of aromatic nitrogens is 4.